The Balaban J connectivity index is 2.97. The second-order valence-electron chi connectivity index (χ2n) is 3.84. The molecule has 0 aliphatic carbocycles. The molecule has 0 amide bonds. The van der Waals surface area contributed by atoms with Crippen LogP contribution < -0.4 is 5.32 Å². The number of aromatic nitrogens is 2. The van der Waals surface area contributed by atoms with Crippen LogP contribution in [-0.2, 0) is 7.05 Å². The van der Waals surface area contributed by atoms with Gasteiger partial charge >= 0.3 is 0 Å². The Morgan fingerprint density at radius 3 is 2.38 bits per heavy atom. The first-order chi connectivity index (χ1) is 6.06. The van der Waals surface area contributed by atoms with Gasteiger partial charge in [0.2, 0.25) is 0 Å². The number of aryl methyl sites for hydroxylation is 2. The fraction of sp³-hybridized carbons (Fsp3) is 0.700. The van der Waals surface area contributed by atoms with Crippen LogP contribution in [-0.4, -0.2) is 16.8 Å². The van der Waals surface area contributed by atoms with Gasteiger partial charge in [-0.2, -0.15) is 5.10 Å². The second-order valence-corrected chi connectivity index (χ2v) is 3.84. The average molecular weight is 181 g/mol. The molecule has 0 saturated carbocycles. The highest BCUT2D eigenvalue weighted by atomic mass is 15.3. The highest BCUT2D eigenvalue weighted by Crippen LogP contribution is 2.20. The zero-order chi connectivity index (χ0) is 10.0. The lowest BCUT2D eigenvalue weighted by Gasteiger charge is -2.19. The second kappa shape index (κ2) is 3.92. The van der Waals surface area contributed by atoms with Gasteiger partial charge in [-0.1, -0.05) is 13.8 Å². The molecule has 0 radical (unpaired) electrons. The molecular weight excluding hydrogens is 162 g/mol. The minimum absolute atomic E-state index is 0.395. The van der Waals surface area contributed by atoms with Crippen LogP contribution in [0.15, 0.2) is 6.07 Å². The summed E-state index contributed by atoms with van der Waals surface area (Å²) in [6, 6.07) is 2.53. The first kappa shape index (κ1) is 10.3. The standard InChI is InChI=1S/C10H19N3/c1-7(2)10(11-4)9-6-8(3)12-13(9)5/h6-7,10-11H,1-5H3. The zero-order valence-corrected chi connectivity index (χ0v) is 9.13. The van der Waals surface area contributed by atoms with E-state index in [1.165, 1.54) is 5.69 Å². The fourth-order valence-electron chi connectivity index (χ4n) is 1.74. The normalized spacial score (nSPS) is 13.7. The summed E-state index contributed by atoms with van der Waals surface area (Å²) in [5, 5.41) is 7.65. The lowest BCUT2D eigenvalue weighted by Crippen LogP contribution is -2.24. The Bertz CT molecular complexity index is 276. The molecule has 74 valence electrons. The van der Waals surface area contributed by atoms with Crippen molar-refractivity contribution in [3.63, 3.8) is 0 Å². The van der Waals surface area contributed by atoms with Gasteiger partial charge in [-0.3, -0.25) is 4.68 Å². The Hall–Kier alpha value is -0.830. The number of rotatable bonds is 3. The SMILES string of the molecule is CNC(c1cc(C)nn1C)C(C)C. The molecule has 0 saturated heterocycles. The van der Waals surface area contributed by atoms with Crippen molar-refractivity contribution >= 4 is 0 Å². The van der Waals surface area contributed by atoms with Crippen molar-refractivity contribution in [2.24, 2.45) is 13.0 Å². The Kier molecular flexibility index (Phi) is 3.09. The third-order valence-electron chi connectivity index (χ3n) is 2.33. The van der Waals surface area contributed by atoms with Crippen molar-refractivity contribution in [1.82, 2.24) is 15.1 Å². The number of hydrogen-bond donors (Lipinski definition) is 1. The summed E-state index contributed by atoms with van der Waals surface area (Å²) in [5.74, 6) is 0.583. The third-order valence-corrected chi connectivity index (χ3v) is 2.33. The molecule has 1 atom stereocenters. The molecule has 1 N–H and O–H groups in total. The maximum atomic E-state index is 4.34. The first-order valence-electron chi connectivity index (χ1n) is 4.74. The molecule has 0 bridgehead atoms. The molecule has 0 aliphatic rings. The molecule has 1 aromatic heterocycles. The van der Waals surface area contributed by atoms with E-state index in [1.807, 2.05) is 25.7 Å². The van der Waals surface area contributed by atoms with Crippen LogP contribution in [0, 0.1) is 12.8 Å². The quantitative estimate of drug-likeness (QED) is 0.768. The summed E-state index contributed by atoms with van der Waals surface area (Å²) < 4.78 is 1.95. The van der Waals surface area contributed by atoms with Gasteiger partial charge in [0.1, 0.15) is 0 Å². The van der Waals surface area contributed by atoms with E-state index in [4.69, 9.17) is 0 Å². The number of nitrogens with zero attached hydrogens (tertiary/aromatic N) is 2. The van der Waals surface area contributed by atoms with E-state index in [-0.39, 0.29) is 0 Å². The van der Waals surface area contributed by atoms with Gasteiger partial charge in [-0.25, -0.2) is 0 Å². The van der Waals surface area contributed by atoms with E-state index in [1.54, 1.807) is 0 Å². The molecule has 0 fully saturated rings. The summed E-state index contributed by atoms with van der Waals surface area (Å²) in [4.78, 5) is 0. The van der Waals surface area contributed by atoms with Crippen LogP contribution in [0.1, 0.15) is 31.3 Å². The van der Waals surface area contributed by atoms with Crippen LogP contribution in [0.25, 0.3) is 0 Å². The molecule has 1 rings (SSSR count). The van der Waals surface area contributed by atoms with Crippen molar-refractivity contribution in [1.29, 1.82) is 0 Å². The van der Waals surface area contributed by atoms with Crippen molar-refractivity contribution in [3.8, 4) is 0 Å². The van der Waals surface area contributed by atoms with E-state index in [0.717, 1.165) is 5.69 Å². The van der Waals surface area contributed by atoms with E-state index in [2.05, 4.69) is 30.3 Å². The van der Waals surface area contributed by atoms with Crippen LogP contribution in [0.2, 0.25) is 0 Å². The predicted molar refractivity (Wildman–Crippen MR) is 54.6 cm³/mol. The van der Waals surface area contributed by atoms with Crippen LogP contribution in [0.5, 0.6) is 0 Å². The van der Waals surface area contributed by atoms with Gasteiger partial charge in [0.05, 0.1) is 17.4 Å². The summed E-state index contributed by atoms with van der Waals surface area (Å²) >= 11 is 0. The Morgan fingerprint density at radius 2 is 2.08 bits per heavy atom. The molecular formula is C10H19N3. The molecule has 0 spiro atoms. The average Bonchev–Trinajstić information content (AvgIpc) is 2.31. The van der Waals surface area contributed by atoms with Crippen LogP contribution in [0.4, 0.5) is 0 Å². The lowest BCUT2D eigenvalue weighted by molar-refractivity contribution is 0.417. The molecule has 1 aromatic rings. The largest absolute Gasteiger partial charge is 0.312 e. The topological polar surface area (TPSA) is 29.9 Å². The van der Waals surface area contributed by atoms with Crippen molar-refractivity contribution in [2.45, 2.75) is 26.8 Å². The summed E-state index contributed by atoms with van der Waals surface area (Å²) in [6.07, 6.45) is 0. The van der Waals surface area contributed by atoms with Crippen molar-refractivity contribution in [3.05, 3.63) is 17.5 Å². The molecule has 3 heteroatoms. The summed E-state index contributed by atoms with van der Waals surface area (Å²) in [7, 11) is 3.99. The van der Waals surface area contributed by atoms with E-state index >= 15 is 0 Å². The molecule has 1 unspecified atom stereocenters. The smallest absolute Gasteiger partial charge is 0.0597 e. The highest BCUT2D eigenvalue weighted by Gasteiger charge is 2.17. The molecule has 3 nitrogen and oxygen atoms in total. The molecule has 0 aliphatic heterocycles. The third kappa shape index (κ3) is 2.10. The first-order valence-corrected chi connectivity index (χ1v) is 4.74. The minimum atomic E-state index is 0.395. The number of nitrogens with one attached hydrogen (secondary N) is 1. The minimum Gasteiger partial charge on any atom is -0.312 e. The van der Waals surface area contributed by atoms with Gasteiger partial charge in [0.15, 0.2) is 0 Å². The van der Waals surface area contributed by atoms with Gasteiger partial charge in [0, 0.05) is 7.05 Å². The van der Waals surface area contributed by atoms with Crippen molar-refractivity contribution in [2.75, 3.05) is 7.05 Å². The molecule has 0 aromatic carbocycles. The van der Waals surface area contributed by atoms with Crippen molar-refractivity contribution < 1.29 is 0 Å². The van der Waals surface area contributed by atoms with Crippen LogP contribution in [0.3, 0.4) is 0 Å². The highest BCUT2D eigenvalue weighted by molar-refractivity contribution is 5.13. The van der Waals surface area contributed by atoms with Gasteiger partial charge in [-0.05, 0) is 26.0 Å². The summed E-state index contributed by atoms with van der Waals surface area (Å²) in [6.45, 7) is 6.45. The molecule has 13 heavy (non-hydrogen) atoms. The fourth-order valence-corrected chi connectivity index (χ4v) is 1.74. The van der Waals surface area contributed by atoms with Crippen LogP contribution >= 0.6 is 0 Å². The maximum Gasteiger partial charge on any atom is 0.0597 e. The number of hydrogen-bond acceptors (Lipinski definition) is 2. The zero-order valence-electron chi connectivity index (χ0n) is 9.13. The maximum absolute atomic E-state index is 4.34. The van der Waals surface area contributed by atoms with Gasteiger partial charge in [-0.15, -0.1) is 0 Å². The summed E-state index contributed by atoms with van der Waals surface area (Å²) in [5.41, 5.74) is 2.34. The lowest BCUT2D eigenvalue weighted by atomic mass is 10.0. The Labute approximate surface area is 80.1 Å². The molecule has 1 heterocycles. The van der Waals surface area contributed by atoms with Gasteiger partial charge < -0.3 is 5.32 Å². The van der Waals surface area contributed by atoms with E-state index < -0.39 is 0 Å². The Morgan fingerprint density at radius 1 is 1.46 bits per heavy atom. The predicted octanol–water partition coefficient (Wildman–Crippen LogP) is 1.65. The van der Waals surface area contributed by atoms with E-state index in [9.17, 15) is 0 Å². The van der Waals surface area contributed by atoms with E-state index in [0.29, 0.717) is 12.0 Å². The monoisotopic (exact) mass is 181 g/mol. The van der Waals surface area contributed by atoms with Gasteiger partial charge in [0.25, 0.3) is 0 Å².